The summed E-state index contributed by atoms with van der Waals surface area (Å²) in [5, 5.41) is 11.1. The Morgan fingerprint density at radius 2 is 1.75 bits per heavy atom. The first-order chi connectivity index (χ1) is 13.5. The summed E-state index contributed by atoms with van der Waals surface area (Å²) in [6.07, 6.45) is -0.218. The maximum absolute atomic E-state index is 12.4. The Kier molecular flexibility index (Phi) is 5.64. The number of benzene rings is 2. The van der Waals surface area contributed by atoms with Crippen LogP contribution in [0.1, 0.15) is 27.1 Å². The van der Waals surface area contributed by atoms with Gasteiger partial charge in [-0.2, -0.15) is 0 Å². The van der Waals surface area contributed by atoms with Crippen molar-refractivity contribution in [2.75, 3.05) is 19.8 Å². The number of nitrogens with zero attached hydrogens (tertiary/aromatic N) is 2. The third kappa shape index (κ3) is 3.98. The smallest absolute Gasteiger partial charge is 0.307 e. The van der Waals surface area contributed by atoms with Gasteiger partial charge in [0, 0.05) is 12.6 Å². The normalized spacial score (nSPS) is 12.6. The van der Waals surface area contributed by atoms with Crippen molar-refractivity contribution in [3.8, 4) is 5.75 Å². The summed E-state index contributed by atoms with van der Waals surface area (Å²) >= 11 is 0. The summed E-state index contributed by atoms with van der Waals surface area (Å²) in [6, 6.07) is 12.9. The van der Waals surface area contributed by atoms with Crippen LogP contribution in [0.25, 0.3) is 0 Å². The number of hydrogen-bond donors (Lipinski definition) is 0. The molecule has 0 aliphatic carbocycles. The van der Waals surface area contributed by atoms with E-state index in [0.29, 0.717) is 5.75 Å². The van der Waals surface area contributed by atoms with Crippen molar-refractivity contribution in [3.05, 3.63) is 69.8 Å². The van der Waals surface area contributed by atoms with Gasteiger partial charge in [-0.3, -0.25) is 29.4 Å². The van der Waals surface area contributed by atoms with Gasteiger partial charge in [-0.1, -0.05) is 24.3 Å². The molecule has 1 aliphatic heterocycles. The van der Waals surface area contributed by atoms with Crippen molar-refractivity contribution < 1.29 is 28.8 Å². The van der Waals surface area contributed by atoms with E-state index in [1.165, 1.54) is 12.1 Å². The molecule has 2 aromatic carbocycles. The Morgan fingerprint density at radius 3 is 2.46 bits per heavy atom. The quantitative estimate of drug-likeness (QED) is 0.225. The van der Waals surface area contributed by atoms with Crippen molar-refractivity contribution >= 4 is 23.5 Å². The summed E-state index contributed by atoms with van der Waals surface area (Å²) in [6.45, 7) is -0.0435. The fraction of sp³-hybridized carbons (Fsp3) is 0.211. The van der Waals surface area contributed by atoms with E-state index in [1.54, 1.807) is 12.1 Å². The summed E-state index contributed by atoms with van der Waals surface area (Å²) in [7, 11) is 0. The minimum absolute atomic E-state index is 0.0152. The molecule has 2 amide bonds. The molecule has 0 unspecified atom stereocenters. The highest BCUT2D eigenvalue weighted by atomic mass is 16.6. The van der Waals surface area contributed by atoms with E-state index in [-0.39, 0.29) is 37.3 Å². The minimum Gasteiger partial charge on any atom is -0.490 e. The number of nitro benzene ring substituents is 1. The Bertz CT molecular complexity index is 927. The second kappa shape index (κ2) is 8.30. The molecule has 0 radical (unpaired) electrons. The van der Waals surface area contributed by atoms with E-state index >= 15 is 0 Å². The molecule has 144 valence electrons. The molecule has 2 aromatic rings. The van der Waals surface area contributed by atoms with Crippen LogP contribution in [0.15, 0.2) is 48.5 Å². The molecule has 0 fully saturated rings. The summed E-state index contributed by atoms with van der Waals surface area (Å²) in [5.41, 5.74) is -0.718. The van der Waals surface area contributed by atoms with Gasteiger partial charge in [-0.05, 0) is 18.2 Å². The fourth-order valence-corrected chi connectivity index (χ4v) is 2.78. The Morgan fingerprint density at radius 1 is 1.00 bits per heavy atom. The molecule has 1 aliphatic rings. The van der Waals surface area contributed by atoms with E-state index < -0.39 is 28.4 Å². The summed E-state index contributed by atoms with van der Waals surface area (Å²) < 4.78 is 10.4. The second-order valence-electron chi connectivity index (χ2n) is 5.85. The lowest BCUT2D eigenvalue weighted by Crippen LogP contribution is -2.32. The zero-order chi connectivity index (χ0) is 20.1. The Hall–Kier alpha value is -3.75. The van der Waals surface area contributed by atoms with E-state index in [4.69, 9.17) is 9.47 Å². The van der Waals surface area contributed by atoms with Gasteiger partial charge in [0.05, 0.1) is 16.9 Å². The van der Waals surface area contributed by atoms with Crippen LogP contribution in [0, 0.1) is 10.1 Å². The average molecular weight is 384 g/mol. The third-order valence-corrected chi connectivity index (χ3v) is 4.07. The van der Waals surface area contributed by atoms with Crippen LogP contribution in [-0.2, 0) is 9.53 Å². The maximum Gasteiger partial charge on any atom is 0.307 e. The Balaban J connectivity index is 1.50. The number of carbonyl (C=O) groups excluding carboxylic acids is 3. The van der Waals surface area contributed by atoms with Crippen LogP contribution >= 0.6 is 0 Å². The minimum atomic E-state index is -0.785. The number of ether oxygens (including phenoxy) is 2. The van der Waals surface area contributed by atoms with Crippen LogP contribution in [0.3, 0.4) is 0 Å². The van der Waals surface area contributed by atoms with Crippen molar-refractivity contribution in [2.45, 2.75) is 6.42 Å². The van der Waals surface area contributed by atoms with Gasteiger partial charge in [-0.15, -0.1) is 0 Å². The van der Waals surface area contributed by atoms with Crippen LogP contribution in [0.2, 0.25) is 0 Å². The number of nitro groups is 1. The molecule has 9 nitrogen and oxygen atoms in total. The van der Waals surface area contributed by atoms with Gasteiger partial charge in [0.15, 0.2) is 0 Å². The fourth-order valence-electron chi connectivity index (χ4n) is 2.78. The maximum atomic E-state index is 12.4. The molecular formula is C19H16N2O7. The van der Waals surface area contributed by atoms with Crippen LogP contribution < -0.4 is 4.74 Å². The lowest BCUT2D eigenvalue weighted by Gasteiger charge is -2.13. The van der Waals surface area contributed by atoms with Gasteiger partial charge in [0.2, 0.25) is 0 Å². The topological polar surface area (TPSA) is 116 Å². The number of esters is 1. The van der Waals surface area contributed by atoms with E-state index in [9.17, 15) is 24.5 Å². The predicted molar refractivity (Wildman–Crippen MR) is 96.0 cm³/mol. The highest BCUT2D eigenvalue weighted by Gasteiger charge is 2.40. The van der Waals surface area contributed by atoms with Gasteiger partial charge in [0.1, 0.15) is 24.5 Å². The van der Waals surface area contributed by atoms with Crippen molar-refractivity contribution in [1.82, 2.24) is 4.90 Å². The van der Waals surface area contributed by atoms with Crippen LogP contribution in [0.4, 0.5) is 5.69 Å². The zero-order valence-electron chi connectivity index (χ0n) is 14.7. The molecule has 3 rings (SSSR count). The number of fused-ring (bicyclic) bond motifs is 1. The third-order valence-electron chi connectivity index (χ3n) is 4.07. The van der Waals surface area contributed by atoms with E-state index in [1.807, 2.05) is 18.2 Å². The van der Waals surface area contributed by atoms with Gasteiger partial charge < -0.3 is 9.47 Å². The SMILES string of the molecule is O=C(CCN1C(=O)c2cccc([N+](=O)[O-])c2C1=O)OCCOc1ccccc1. The summed E-state index contributed by atoms with van der Waals surface area (Å²) in [4.78, 5) is 47.7. The first-order valence-electron chi connectivity index (χ1n) is 8.46. The first-order valence-corrected chi connectivity index (χ1v) is 8.46. The number of carbonyl (C=O) groups is 3. The number of para-hydroxylation sites is 1. The highest BCUT2D eigenvalue weighted by Crippen LogP contribution is 2.30. The number of rotatable bonds is 8. The standard InChI is InChI=1S/C19H16N2O7/c22-16(28-12-11-27-13-5-2-1-3-6-13)9-10-20-18(23)14-7-4-8-15(21(25)26)17(14)19(20)24/h1-8H,9-12H2. The average Bonchev–Trinajstić information content (AvgIpc) is 2.94. The molecule has 0 bridgehead atoms. The van der Waals surface area contributed by atoms with Crippen molar-refractivity contribution in [1.29, 1.82) is 0 Å². The molecular weight excluding hydrogens is 368 g/mol. The monoisotopic (exact) mass is 384 g/mol. The molecule has 1 heterocycles. The highest BCUT2D eigenvalue weighted by molar-refractivity contribution is 6.23. The number of imide groups is 1. The predicted octanol–water partition coefficient (Wildman–Crippen LogP) is 2.20. The largest absolute Gasteiger partial charge is 0.490 e. The van der Waals surface area contributed by atoms with Gasteiger partial charge in [0.25, 0.3) is 17.5 Å². The molecule has 0 N–H and O–H groups in total. The van der Waals surface area contributed by atoms with Gasteiger partial charge in [-0.25, -0.2) is 0 Å². The number of hydrogen-bond acceptors (Lipinski definition) is 7. The van der Waals surface area contributed by atoms with E-state index in [2.05, 4.69) is 0 Å². The van der Waals surface area contributed by atoms with E-state index in [0.717, 1.165) is 11.0 Å². The number of amides is 2. The first kappa shape index (κ1) is 19.0. The molecule has 0 aromatic heterocycles. The van der Waals surface area contributed by atoms with Crippen molar-refractivity contribution in [3.63, 3.8) is 0 Å². The van der Waals surface area contributed by atoms with Gasteiger partial charge >= 0.3 is 5.97 Å². The van der Waals surface area contributed by atoms with Crippen LogP contribution in [-0.4, -0.2) is 47.4 Å². The molecule has 0 atom stereocenters. The zero-order valence-corrected chi connectivity index (χ0v) is 14.7. The molecule has 9 heteroatoms. The molecule has 28 heavy (non-hydrogen) atoms. The lowest BCUT2D eigenvalue weighted by atomic mass is 10.1. The lowest BCUT2D eigenvalue weighted by molar-refractivity contribution is -0.385. The van der Waals surface area contributed by atoms with Crippen molar-refractivity contribution in [2.24, 2.45) is 0 Å². The second-order valence-corrected chi connectivity index (χ2v) is 5.85. The molecule has 0 spiro atoms. The molecule has 0 saturated heterocycles. The summed E-state index contributed by atoms with van der Waals surface area (Å²) in [5.74, 6) is -1.41. The van der Waals surface area contributed by atoms with Crippen LogP contribution in [0.5, 0.6) is 5.75 Å². The Labute approximate surface area is 159 Å². The molecule has 0 saturated carbocycles.